The fourth-order valence-electron chi connectivity index (χ4n) is 0.856. The van der Waals surface area contributed by atoms with Gasteiger partial charge in [-0.3, -0.25) is 4.79 Å². The Labute approximate surface area is 91.9 Å². The van der Waals surface area contributed by atoms with E-state index in [1.807, 2.05) is 0 Å². The number of halogens is 3. The Bertz CT molecular complexity index is 415. The lowest BCUT2D eigenvalue weighted by atomic mass is 10.2. The zero-order valence-corrected chi connectivity index (χ0v) is 8.83. The first-order valence-corrected chi connectivity index (χ1v) is 4.52. The molecule has 0 bridgehead atoms. The van der Waals surface area contributed by atoms with Gasteiger partial charge >= 0.3 is 0 Å². The van der Waals surface area contributed by atoms with Gasteiger partial charge in [0.05, 0.1) is 5.56 Å². The van der Waals surface area contributed by atoms with E-state index in [1.54, 1.807) is 22.6 Å². The number of aromatic nitrogens is 1. The van der Waals surface area contributed by atoms with E-state index in [9.17, 15) is 13.6 Å². The quantitative estimate of drug-likeness (QED) is 0.622. The van der Waals surface area contributed by atoms with Gasteiger partial charge < -0.3 is 0 Å². The summed E-state index contributed by atoms with van der Waals surface area (Å²) in [6, 6.07) is 2.62. The first-order chi connectivity index (χ1) is 6.60. The van der Waals surface area contributed by atoms with Gasteiger partial charge in [-0.1, -0.05) is 0 Å². The van der Waals surface area contributed by atoms with Crippen LogP contribution in [0.1, 0.15) is 28.2 Å². The fraction of sp³-hybridized carbons (Fsp3) is 0.125. The van der Waals surface area contributed by atoms with Crippen molar-refractivity contribution in [1.82, 2.24) is 4.98 Å². The van der Waals surface area contributed by atoms with Crippen molar-refractivity contribution < 1.29 is 13.6 Å². The zero-order chi connectivity index (χ0) is 10.7. The van der Waals surface area contributed by atoms with Gasteiger partial charge in [-0.15, -0.1) is 0 Å². The zero-order valence-electron chi connectivity index (χ0n) is 6.67. The molecule has 0 radical (unpaired) electrons. The molecule has 0 aliphatic heterocycles. The molecule has 0 aliphatic rings. The summed E-state index contributed by atoms with van der Waals surface area (Å²) in [5.41, 5.74) is -0.837. The molecule has 0 amide bonds. The predicted octanol–water partition coefficient (Wildman–Crippen LogP) is 2.31. The summed E-state index contributed by atoms with van der Waals surface area (Å²) >= 11 is 1.72. The number of rotatable bonds is 2. The number of aldehydes is 1. The number of alkyl halides is 2. The molecule has 72 valence electrons. The number of hydrogen-bond acceptors (Lipinski definition) is 3. The largest absolute Gasteiger partial charge is 0.296 e. The van der Waals surface area contributed by atoms with Gasteiger partial charge in [0.15, 0.2) is 6.29 Å². The summed E-state index contributed by atoms with van der Waals surface area (Å²) in [7, 11) is 0. The molecular weight excluding hydrogens is 305 g/mol. The van der Waals surface area contributed by atoms with Crippen LogP contribution in [0.3, 0.4) is 0 Å². The molecule has 0 aromatic carbocycles. The van der Waals surface area contributed by atoms with Crippen LogP contribution < -0.4 is 0 Å². The monoisotopic (exact) mass is 308 g/mol. The minimum Gasteiger partial charge on any atom is -0.296 e. The number of carbonyl (C=O) groups is 1. The minimum absolute atomic E-state index is 0.00606. The summed E-state index contributed by atoms with van der Waals surface area (Å²) in [5.74, 6) is 0. The third-order valence-electron chi connectivity index (χ3n) is 1.49. The molecule has 0 aliphatic carbocycles. The SMILES string of the molecule is N#Cc1nc(C=O)c(I)cc1C(F)F. The van der Waals surface area contributed by atoms with Gasteiger partial charge in [-0.2, -0.15) is 5.26 Å². The van der Waals surface area contributed by atoms with Gasteiger partial charge in [0.2, 0.25) is 0 Å². The number of nitriles is 1. The second-order valence-electron chi connectivity index (χ2n) is 2.32. The van der Waals surface area contributed by atoms with Crippen molar-refractivity contribution in [3.05, 3.63) is 26.6 Å². The van der Waals surface area contributed by atoms with Crippen molar-refractivity contribution in [2.75, 3.05) is 0 Å². The van der Waals surface area contributed by atoms with Gasteiger partial charge in [0.25, 0.3) is 6.43 Å². The number of pyridine rings is 1. The topological polar surface area (TPSA) is 53.8 Å². The standard InChI is InChI=1S/C8H3F2IN2O/c9-8(10)4-1-5(11)7(3-14)13-6(4)2-12/h1,3,8H. The molecule has 0 N–H and O–H groups in total. The summed E-state index contributed by atoms with van der Waals surface area (Å²) < 4.78 is 25.0. The normalized spacial score (nSPS) is 9.93. The van der Waals surface area contributed by atoms with Crippen LogP contribution >= 0.6 is 22.6 Å². The maximum Gasteiger partial charge on any atom is 0.266 e. The lowest BCUT2D eigenvalue weighted by Crippen LogP contribution is -2.01. The Morgan fingerprint density at radius 1 is 1.64 bits per heavy atom. The molecule has 0 saturated heterocycles. The fourth-order valence-corrected chi connectivity index (χ4v) is 1.44. The van der Waals surface area contributed by atoms with E-state index in [0.717, 1.165) is 6.07 Å². The Morgan fingerprint density at radius 2 is 2.29 bits per heavy atom. The highest BCUT2D eigenvalue weighted by Gasteiger charge is 2.16. The Balaban J connectivity index is 3.40. The number of nitrogens with zero attached hydrogens (tertiary/aromatic N) is 2. The first kappa shape index (κ1) is 11.0. The highest BCUT2D eigenvalue weighted by molar-refractivity contribution is 14.1. The smallest absolute Gasteiger partial charge is 0.266 e. The van der Waals surface area contributed by atoms with Gasteiger partial charge in [-0.25, -0.2) is 13.8 Å². The van der Waals surface area contributed by atoms with Crippen LogP contribution in [-0.2, 0) is 0 Å². The summed E-state index contributed by atoms with van der Waals surface area (Å²) in [6.07, 6.45) is -2.33. The second kappa shape index (κ2) is 4.41. The van der Waals surface area contributed by atoms with Crippen LogP contribution in [0.4, 0.5) is 8.78 Å². The average molecular weight is 308 g/mol. The van der Waals surface area contributed by atoms with E-state index in [0.29, 0.717) is 9.86 Å². The highest BCUT2D eigenvalue weighted by Crippen LogP contribution is 2.24. The lowest BCUT2D eigenvalue weighted by Gasteiger charge is -2.03. The van der Waals surface area contributed by atoms with E-state index in [4.69, 9.17) is 5.26 Å². The van der Waals surface area contributed by atoms with E-state index in [-0.39, 0.29) is 5.69 Å². The number of carbonyl (C=O) groups excluding carboxylic acids is 1. The Morgan fingerprint density at radius 3 is 2.71 bits per heavy atom. The van der Waals surface area contributed by atoms with Crippen LogP contribution in [0.25, 0.3) is 0 Å². The minimum atomic E-state index is -2.76. The summed E-state index contributed by atoms with van der Waals surface area (Å²) in [6.45, 7) is 0. The molecule has 1 heterocycles. The molecule has 14 heavy (non-hydrogen) atoms. The highest BCUT2D eigenvalue weighted by atomic mass is 127. The van der Waals surface area contributed by atoms with Crippen molar-refractivity contribution in [1.29, 1.82) is 5.26 Å². The van der Waals surface area contributed by atoms with Crippen LogP contribution in [0.15, 0.2) is 6.07 Å². The molecule has 3 nitrogen and oxygen atoms in total. The molecule has 0 unspecified atom stereocenters. The van der Waals surface area contributed by atoms with Crippen molar-refractivity contribution >= 4 is 28.9 Å². The molecule has 0 spiro atoms. The molecule has 0 saturated carbocycles. The average Bonchev–Trinajstić information content (AvgIpc) is 2.17. The number of hydrogen-bond donors (Lipinski definition) is 0. The van der Waals surface area contributed by atoms with E-state index >= 15 is 0 Å². The van der Waals surface area contributed by atoms with Gasteiger partial charge in [0, 0.05) is 3.57 Å². The van der Waals surface area contributed by atoms with Crippen molar-refractivity contribution in [3.8, 4) is 6.07 Å². The van der Waals surface area contributed by atoms with Crippen molar-refractivity contribution in [3.63, 3.8) is 0 Å². The van der Waals surface area contributed by atoms with Crippen molar-refractivity contribution in [2.24, 2.45) is 0 Å². The maximum absolute atomic E-state index is 12.3. The van der Waals surface area contributed by atoms with Crippen molar-refractivity contribution in [2.45, 2.75) is 6.43 Å². The molecule has 0 fully saturated rings. The Kier molecular flexibility index (Phi) is 3.46. The molecule has 1 aromatic rings. The molecule has 1 rings (SSSR count). The van der Waals surface area contributed by atoms with Crippen LogP contribution in [0, 0.1) is 14.9 Å². The third kappa shape index (κ3) is 2.04. The lowest BCUT2D eigenvalue weighted by molar-refractivity contribution is 0.111. The molecule has 1 aromatic heterocycles. The molecule has 6 heteroatoms. The predicted molar refractivity (Wildman–Crippen MR) is 52.0 cm³/mol. The van der Waals surface area contributed by atoms with E-state index in [2.05, 4.69) is 4.98 Å². The summed E-state index contributed by atoms with van der Waals surface area (Å²) in [5, 5.41) is 8.51. The van der Waals surface area contributed by atoms with Gasteiger partial charge in [0.1, 0.15) is 17.5 Å². The Hall–Kier alpha value is -1.10. The van der Waals surface area contributed by atoms with E-state index in [1.165, 1.54) is 6.07 Å². The first-order valence-electron chi connectivity index (χ1n) is 3.44. The third-order valence-corrected chi connectivity index (χ3v) is 2.35. The maximum atomic E-state index is 12.3. The second-order valence-corrected chi connectivity index (χ2v) is 3.49. The van der Waals surface area contributed by atoms with Gasteiger partial charge in [-0.05, 0) is 28.7 Å². The van der Waals surface area contributed by atoms with Crippen LogP contribution in [0.5, 0.6) is 0 Å². The molecular formula is C8H3F2IN2O. The van der Waals surface area contributed by atoms with Crippen LogP contribution in [0.2, 0.25) is 0 Å². The van der Waals surface area contributed by atoms with E-state index < -0.39 is 17.7 Å². The molecule has 0 atom stereocenters. The summed E-state index contributed by atoms with van der Waals surface area (Å²) in [4.78, 5) is 13.9. The van der Waals surface area contributed by atoms with Crippen LogP contribution in [-0.4, -0.2) is 11.3 Å².